The molecule has 0 aromatic heterocycles. The van der Waals surface area contributed by atoms with Crippen LogP contribution in [0, 0.1) is 13.8 Å². The first-order chi connectivity index (χ1) is 11.5. The normalized spacial score (nSPS) is 11.6. The van der Waals surface area contributed by atoms with Gasteiger partial charge in [-0.3, -0.25) is 4.79 Å². The van der Waals surface area contributed by atoms with Crippen LogP contribution in [-0.4, -0.2) is 32.7 Å². The number of nitrogens with zero attached hydrogens (tertiary/aromatic N) is 1. The molecule has 0 saturated heterocycles. The third-order valence-electron chi connectivity index (χ3n) is 3.84. The van der Waals surface area contributed by atoms with Gasteiger partial charge in [0.1, 0.15) is 0 Å². The number of rotatable bonds is 4. The van der Waals surface area contributed by atoms with E-state index in [1.165, 1.54) is 32.3 Å². The molecular formula is C17H18Cl2N2O3S. The van der Waals surface area contributed by atoms with Crippen LogP contribution in [0.2, 0.25) is 10.0 Å². The molecule has 0 aliphatic rings. The molecule has 0 spiro atoms. The number of benzene rings is 2. The van der Waals surface area contributed by atoms with Gasteiger partial charge in [0.25, 0.3) is 5.91 Å². The Kier molecular flexibility index (Phi) is 5.79. The molecule has 2 aromatic carbocycles. The summed E-state index contributed by atoms with van der Waals surface area (Å²) in [5.41, 5.74) is 2.19. The van der Waals surface area contributed by atoms with E-state index in [9.17, 15) is 13.2 Å². The maximum atomic E-state index is 12.5. The predicted octanol–water partition coefficient (Wildman–Crippen LogP) is 4.11. The molecule has 0 fully saturated rings. The lowest BCUT2D eigenvalue weighted by Gasteiger charge is -2.16. The van der Waals surface area contributed by atoms with Gasteiger partial charge < -0.3 is 5.32 Å². The molecule has 1 N–H and O–H groups in total. The van der Waals surface area contributed by atoms with Crippen LogP contribution >= 0.6 is 23.2 Å². The number of amides is 1. The van der Waals surface area contributed by atoms with E-state index in [1.807, 2.05) is 0 Å². The van der Waals surface area contributed by atoms with E-state index in [-0.39, 0.29) is 15.5 Å². The summed E-state index contributed by atoms with van der Waals surface area (Å²) in [6, 6.07) is 7.58. The number of carbonyl (C=O) groups is 1. The van der Waals surface area contributed by atoms with Crippen molar-refractivity contribution in [1.82, 2.24) is 4.31 Å². The van der Waals surface area contributed by atoms with E-state index >= 15 is 0 Å². The number of sulfonamides is 1. The quantitative estimate of drug-likeness (QED) is 0.839. The van der Waals surface area contributed by atoms with Crippen molar-refractivity contribution >= 4 is 44.8 Å². The number of halogens is 2. The summed E-state index contributed by atoms with van der Waals surface area (Å²) in [5.74, 6) is -0.441. The first-order valence-corrected chi connectivity index (χ1v) is 9.54. The van der Waals surface area contributed by atoms with Gasteiger partial charge in [-0.2, -0.15) is 0 Å². The second-order valence-electron chi connectivity index (χ2n) is 5.78. The van der Waals surface area contributed by atoms with E-state index in [0.717, 1.165) is 15.4 Å². The molecule has 0 atom stereocenters. The number of aryl methyl sites for hydroxylation is 1. The largest absolute Gasteiger partial charge is 0.322 e. The summed E-state index contributed by atoms with van der Waals surface area (Å²) in [6.45, 7) is 3.59. The second-order valence-corrected chi connectivity index (χ2v) is 8.77. The third-order valence-corrected chi connectivity index (χ3v) is 6.18. The van der Waals surface area contributed by atoms with Crippen molar-refractivity contribution in [3.05, 3.63) is 57.1 Å². The lowest BCUT2D eigenvalue weighted by atomic mass is 10.1. The van der Waals surface area contributed by atoms with Gasteiger partial charge in [-0.25, -0.2) is 12.7 Å². The van der Waals surface area contributed by atoms with E-state index < -0.39 is 15.9 Å². The van der Waals surface area contributed by atoms with E-state index in [2.05, 4.69) is 5.32 Å². The minimum Gasteiger partial charge on any atom is -0.322 e. The Labute approximate surface area is 157 Å². The fourth-order valence-corrected chi connectivity index (χ4v) is 3.69. The zero-order valence-corrected chi connectivity index (χ0v) is 16.6. The third kappa shape index (κ3) is 4.15. The van der Waals surface area contributed by atoms with Gasteiger partial charge in [-0.1, -0.05) is 23.2 Å². The smallest absolute Gasteiger partial charge is 0.257 e. The van der Waals surface area contributed by atoms with Crippen LogP contribution in [0.5, 0.6) is 0 Å². The maximum absolute atomic E-state index is 12.5. The van der Waals surface area contributed by atoms with Gasteiger partial charge in [0.2, 0.25) is 10.0 Å². The average Bonchev–Trinajstić information content (AvgIpc) is 2.51. The highest BCUT2D eigenvalue weighted by molar-refractivity contribution is 7.89. The monoisotopic (exact) mass is 400 g/mol. The molecular weight excluding hydrogens is 383 g/mol. The Morgan fingerprint density at radius 2 is 1.72 bits per heavy atom. The Hall–Kier alpha value is -1.60. The summed E-state index contributed by atoms with van der Waals surface area (Å²) in [4.78, 5) is 12.6. The van der Waals surface area contributed by atoms with Crippen LogP contribution in [0.4, 0.5) is 5.69 Å². The van der Waals surface area contributed by atoms with Gasteiger partial charge in [0.05, 0.1) is 15.5 Å². The molecule has 0 heterocycles. The Balaban J connectivity index is 2.46. The lowest BCUT2D eigenvalue weighted by Crippen LogP contribution is -2.23. The van der Waals surface area contributed by atoms with Crippen LogP contribution in [0.3, 0.4) is 0 Å². The van der Waals surface area contributed by atoms with Gasteiger partial charge >= 0.3 is 0 Å². The summed E-state index contributed by atoms with van der Waals surface area (Å²) >= 11 is 11.9. The molecule has 5 nitrogen and oxygen atoms in total. The fourth-order valence-electron chi connectivity index (χ4n) is 2.18. The van der Waals surface area contributed by atoms with E-state index in [1.54, 1.807) is 26.0 Å². The topological polar surface area (TPSA) is 66.5 Å². The first kappa shape index (κ1) is 19.7. The number of carbonyl (C=O) groups excluding carboxylic acids is 1. The minimum atomic E-state index is -3.61. The molecule has 0 radical (unpaired) electrons. The maximum Gasteiger partial charge on any atom is 0.257 e. The minimum absolute atomic E-state index is 0.109. The summed E-state index contributed by atoms with van der Waals surface area (Å²) in [7, 11) is -0.705. The van der Waals surface area contributed by atoms with Crippen LogP contribution in [0.1, 0.15) is 21.5 Å². The predicted molar refractivity (Wildman–Crippen MR) is 101 cm³/mol. The molecule has 2 aromatic rings. The molecule has 25 heavy (non-hydrogen) atoms. The van der Waals surface area contributed by atoms with Crippen LogP contribution in [0.15, 0.2) is 35.2 Å². The van der Waals surface area contributed by atoms with Crippen molar-refractivity contribution < 1.29 is 13.2 Å². The van der Waals surface area contributed by atoms with Crippen molar-refractivity contribution in [2.45, 2.75) is 18.7 Å². The Morgan fingerprint density at radius 1 is 1.08 bits per heavy atom. The molecule has 8 heteroatoms. The summed E-state index contributed by atoms with van der Waals surface area (Å²) < 4.78 is 25.9. The van der Waals surface area contributed by atoms with Gasteiger partial charge in [0, 0.05) is 24.8 Å². The van der Waals surface area contributed by atoms with Gasteiger partial charge in [-0.15, -0.1) is 0 Å². The summed E-state index contributed by atoms with van der Waals surface area (Å²) in [5, 5.41) is 3.37. The highest BCUT2D eigenvalue weighted by Gasteiger charge is 2.21. The van der Waals surface area contributed by atoms with Crippen molar-refractivity contribution in [3.63, 3.8) is 0 Å². The standard InChI is InChI=1S/C17H18Cl2N2O3S/c1-10-7-13(25(23,24)21(3)4)9-16(11(10)2)20-17(22)14-6-5-12(18)8-15(14)19/h5-9H,1-4H3,(H,20,22). The second kappa shape index (κ2) is 7.33. The lowest BCUT2D eigenvalue weighted by molar-refractivity contribution is 0.102. The zero-order valence-electron chi connectivity index (χ0n) is 14.2. The van der Waals surface area contributed by atoms with Crippen LogP contribution < -0.4 is 5.32 Å². The van der Waals surface area contributed by atoms with E-state index in [4.69, 9.17) is 23.2 Å². The van der Waals surface area contributed by atoms with Crippen LogP contribution in [-0.2, 0) is 10.0 Å². The fraction of sp³-hybridized carbons (Fsp3) is 0.235. The zero-order chi connectivity index (χ0) is 18.9. The highest BCUT2D eigenvalue weighted by atomic mass is 35.5. The van der Waals surface area contributed by atoms with Crippen molar-refractivity contribution in [2.24, 2.45) is 0 Å². The first-order valence-electron chi connectivity index (χ1n) is 7.34. The molecule has 0 aliphatic heterocycles. The molecule has 2 rings (SSSR count). The van der Waals surface area contributed by atoms with Gasteiger partial charge in [-0.05, 0) is 55.3 Å². The molecule has 1 amide bonds. The molecule has 0 aliphatic carbocycles. The number of hydrogen-bond acceptors (Lipinski definition) is 3. The highest BCUT2D eigenvalue weighted by Crippen LogP contribution is 2.27. The Bertz CT molecular complexity index is 941. The molecule has 134 valence electrons. The number of anilines is 1. The number of hydrogen-bond donors (Lipinski definition) is 1. The van der Waals surface area contributed by atoms with Crippen molar-refractivity contribution in [2.75, 3.05) is 19.4 Å². The average molecular weight is 401 g/mol. The summed E-state index contributed by atoms with van der Waals surface area (Å²) in [6.07, 6.45) is 0. The molecule has 0 saturated carbocycles. The van der Waals surface area contributed by atoms with E-state index in [0.29, 0.717) is 10.7 Å². The molecule has 0 bridgehead atoms. The Morgan fingerprint density at radius 3 is 2.28 bits per heavy atom. The molecule has 0 unspecified atom stereocenters. The van der Waals surface area contributed by atoms with Crippen LogP contribution in [0.25, 0.3) is 0 Å². The number of nitrogens with one attached hydrogen (secondary N) is 1. The van der Waals surface area contributed by atoms with Crippen molar-refractivity contribution in [3.8, 4) is 0 Å². The SMILES string of the molecule is Cc1cc(S(=O)(=O)N(C)C)cc(NC(=O)c2ccc(Cl)cc2Cl)c1C. The van der Waals surface area contributed by atoms with Gasteiger partial charge in [0.15, 0.2) is 0 Å². The van der Waals surface area contributed by atoms with Crippen molar-refractivity contribution in [1.29, 1.82) is 0 Å².